The van der Waals surface area contributed by atoms with Crippen molar-refractivity contribution in [3.8, 4) is 0 Å². The van der Waals surface area contributed by atoms with E-state index >= 15 is 0 Å². The van der Waals surface area contributed by atoms with Gasteiger partial charge in [0.2, 0.25) is 0 Å². The lowest BCUT2D eigenvalue weighted by Gasteiger charge is -2.11. The van der Waals surface area contributed by atoms with Crippen LogP contribution in [0.25, 0.3) is 10.9 Å². The zero-order chi connectivity index (χ0) is 12.3. The van der Waals surface area contributed by atoms with E-state index in [1.54, 1.807) is 25.3 Å². The van der Waals surface area contributed by atoms with Crippen LogP contribution in [-0.2, 0) is 0 Å². The van der Waals surface area contributed by atoms with Crippen LogP contribution in [0.15, 0.2) is 30.7 Å². The first kappa shape index (κ1) is 11.5. The monoisotopic (exact) mass is 231 g/mol. The second-order valence-electron chi connectivity index (χ2n) is 3.82. The summed E-state index contributed by atoms with van der Waals surface area (Å²) in [7, 11) is 0. The summed E-state index contributed by atoms with van der Waals surface area (Å²) < 4.78 is 0. The normalized spacial score (nSPS) is 12.4. The third kappa shape index (κ3) is 2.39. The van der Waals surface area contributed by atoms with Gasteiger partial charge >= 0.3 is 0 Å². The Labute approximate surface area is 98.5 Å². The van der Waals surface area contributed by atoms with Crippen LogP contribution in [0.4, 0.5) is 0 Å². The van der Waals surface area contributed by atoms with E-state index in [9.17, 15) is 4.79 Å². The van der Waals surface area contributed by atoms with Gasteiger partial charge in [-0.25, -0.2) is 9.97 Å². The van der Waals surface area contributed by atoms with Crippen LogP contribution in [0, 0.1) is 0 Å². The minimum atomic E-state index is -0.278. The molecule has 88 valence electrons. The molecule has 17 heavy (non-hydrogen) atoms. The molecule has 0 bridgehead atoms. The Bertz CT molecular complexity index is 537. The van der Waals surface area contributed by atoms with Gasteiger partial charge in [-0.1, -0.05) is 12.1 Å². The molecule has 2 aromatic rings. The third-order valence-corrected chi connectivity index (χ3v) is 2.43. The Kier molecular flexibility index (Phi) is 3.30. The van der Waals surface area contributed by atoms with Crippen LogP contribution in [0.2, 0.25) is 0 Å². The first-order valence-electron chi connectivity index (χ1n) is 5.33. The van der Waals surface area contributed by atoms with Crippen molar-refractivity contribution in [3.05, 3.63) is 36.3 Å². The Hall–Kier alpha value is -2.01. The van der Waals surface area contributed by atoms with Gasteiger partial charge in [0.25, 0.3) is 5.91 Å². The summed E-state index contributed by atoms with van der Waals surface area (Å²) in [6.45, 7) is 1.64. The molecule has 0 aliphatic carbocycles. The zero-order valence-electron chi connectivity index (χ0n) is 9.42. The predicted octanol–water partition coefficient (Wildman–Crippen LogP) is 0.740. The largest absolute Gasteiger partial charge is 0.394 e. The number of aliphatic hydroxyl groups excluding tert-OH is 1. The van der Waals surface area contributed by atoms with E-state index in [-0.39, 0.29) is 18.6 Å². The van der Waals surface area contributed by atoms with Crippen LogP contribution >= 0.6 is 0 Å². The lowest BCUT2D eigenvalue weighted by Crippen LogP contribution is -2.35. The highest BCUT2D eigenvalue weighted by atomic mass is 16.3. The van der Waals surface area contributed by atoms with E-state index in [1.807, 2.05) is 6.07 Å². The minimum Gasteiger partial charge on any atom is -0.394 e. The Morgan fingerprint density at radius 3 is 3.12 bits per heavy atom. The predicted molar refractivity (Wildman–Crippen MR) is 63.6 cm³/mol. The third-order valence-electron chi connectivity index (χ3n) is 2.43. The Balaban J connectivity index is 2.38. The molecule has 1 aromatic heterocycles. The molecule has 0 spiro atoms. The second kappa shape index (κ2) is 4.88. The summed E-state index contributed by atoms with van der Waals surface area (Å²) in [6.07, 6.45) is 3.07. The topological polar surface area (TPSA) is 75.1 Å². The summed E-state index contributed by atoms with van der Waals surface area (Å²) in [5.74, 6) is -0.240. The maximum absolute atomic E-state index is 11.9. The summed E-state index contributed by atoms with van der Waals surface area (Å²) in [5, 5.41) is 12.4. The van der Waals surface area contributed by atoms with Crippen molar-refractivity contribution < 1.29 is 9.90 Å². The number of para-hydroxylation sites is 1. The molecule has 2 rings (SSSR count). The maximum Gasteiger partial charge on any atom is 0.253 e. The first-order valence-corrected chi connectivity index (χ1v) is 5.33. The van der Waals surface area contributed by atoms with E-state index in [0.717, 1.165) is 5.39 Å². The van der Waals surface area contributed by atoms with Crippen LogP contribution < -0.4 is 5.32 Å². The molecule has 0 unspecified atom stereocenters. The number of fused-ring (bicyclic) bond motifs is 1. The van der Waals surface area contributed by atoms with Gasteiger partial charge in [0.15, 0.2) is 0 Å². The van der Waals surface area contributed by atoms with Crippen LogP contribution in [0.1, 0.15) is 17.3 Å². The lowest BCUT2D eigenvalue weighted by atomic mass is 10.1. The molecule has 1 heterocycles. The molecular formula is C12H13N3O2. The van der Waals surface area contributed by atoms with Crippen LogP contribution in [-0.4, -0.2) is 33.6 Å². The van der Waals surface area contributed by atoms with Crippen molar-refractivity contribution in [2.24, 2.45) is 0 Å². The van der Waals surface area contributed by atoms with Gasteiger partial charge in [0.1, 0.15) is 6.33 Å². The van der Waals surface area contributed by atoms with E-state index < -0.39 is 0 Å². The van der Waals surface area contributed by atoms with E-state index in [4.69, 9.17) is 5.11 Å². The molecule has 0 saturated carbocycles. The van der Waals surface area contributed by atoms with Gasteiger partial charge < -0.3 is 10.4 Å². The summed E-state index contributed by atoms with van der Waals surface area (Å²) >= 11 is 0. The average Bonchev–Trinajstić information content (AvgIpc) is 2.37. The van der Waals surface area contributed by atoms with Gasteiger partial charge in [0, 0.05) is 17.6 Å². The standard InChI is InChI=1S/C12H13N3O2/c1-8(6-16)15-12(17)10-4-2-3-9-5-13-7-14-11(9)10/h2-5,7-8,16H,6H2,1H3,(H,15,17)/t8-/m0/s1. The number of amides is 1. The quantitative estimate of drug-likeness (QED) is 0.817. The number of hydrogen-bond donors (Lipinski definition) is 2. The molecule has 5 nitrogen and oxygen atoms in total. The molecule has 0 aliphatic heterocycles. The molecule has 1 aromatic carbocycles. The molecule has 5 heteroatoms. The van der Waals surface area contributed by atoms with E-state index in [1.165, 1.54) is 6.33 Å². The van der Waals surface area contributed by atoms with Gasteiger partial charge in [-0.3, -0.25) is 4.79 Å². The summed E-state index contributed by atoms with van der Waals surface area (Å²) in [4.78, 5) is 20.0. The highest BCUT2D eigenvalue weighted by molar-refractivity contribution is 6.05. The number of benzene rings is 1. The Morgan fingerprint density at radius 1 is 1.53 bits per heavy atom. The van der Waals surface area contributed by atoms with Gasteiger partial charge in [0.05, 0.1) is 17.7 Å². The number of carbonyl (C=O) groups excluding carboxylic acids is 1. The summed E-state index contributed by atoms with van der Waals surface area (Å²) in [5.41, 5.74) is 1.11. The molecule has 0 radical (unpaired) electrons. The highest BCUT2D eigenvalue weighted by Crippen LogP contribution is 2.14. The van der Waals surface area contributed by atoms with Crippen molar-refractivity contribution in [2.45, 2.75) is 13.0 Å². The Morgan fingerprint density at radius 2 is 2.35 bits per heavy atom. The fourth-order valence-corrected chi connectivity index (χ4v) is 1.54. The van der Waals surface area contributed by atoms with Gasteiger partial charge in [-0.15, -0.1) is 0 Å². The fourth-order valence-electron chi connectivity index (χ4n) is 1.54. The number of hydrogen-bond acceptors (Lipinski definition) is 4. The zero-order valence-corrected chi connectivity index (χ0v) is 9.42. The van der Waals surface area contributed by atoms with Crippen LogP contribution in [0.5, 0.6) is 0 Å². The average molecular weight is 231 g/mol. The van der Waals surface area contributed by atoms with Crippen molar-refractivity contribution in [2.75, 3.05) is 6.61 Å². The van der Waals surface area contributed by atoms with Crippen molar-refractivity contribution in [1.29, 1.82) is 0 Å². The number of carbonyl (C=O) groups is 1. The van der Waals surface area contributed by atoms with Crippen LogP contribution in [0.3, 0.4) is 0 Å². The van der Waals surface area contributed by atoms with E-state index in [2.05, 4.69) is 15.3 Å². The number of aliphatic hydroxyl groups is 1. The van der Waals surface area contributed by atoms with Crippen molar-refractivity contribution in [3.63, 3.8) is 0 Å². The van der Waals surface area contributed by atoms with Crippen molar-refractivity contribution in [1.82, 2.24) is 15.3 Å². The SMILES string of the molecule is C[C@@H](CO)NC(=O)c1cccc2cncnc12. The second-order valence-corrected chi connectivity index (χ2v) is 3.82. The molecule has 2 N–H and O–H groups in total. The number of aromatic nitrogens is 2. The molecule has 0 fully saturated rings. The molecular weight excluding hydrogens is 218 g/mol. The smallest absolute Gasteiger partial charge is 0.253 e. The molecule has 0 saturated heterocycles. The van der Waals surface area contributed by atoms with Crippen molar-refractivity contribution >= 4 is 16.8 Å². The number of nitrogens with zero attached hydrogens (tertiary/aromatic N) is 2. The summed E-state index contributed by atoms with van der Waals surface area (Å²) in [6, 6.07) is 5.06. The molecule has 0 aliphatic rings. The first-order chi connectivity index (χ1) is 8.22. The maximum atomic E-state index is 11.9. The van der Waals surface area contributed by atoms with Gasteiger partial charge in [-0.05, 0) is 13.0 Å². The highest BCUT2D eigenvalue weighted by Gasteiger charge is 2.12. The minimum absolute atomic E-state index is 0.0918. The molecule has 1 atom stereocenters. The van der Waals surface area contributed by atoms with Gasteiger partial charge in [-0.2, -0.15) is 0 Å². The molecule has 1 amide bonds. The van der Waals surface area contributed by atoms with E-state index in [0.29, 0.717) is 11.1 Å². The number of rotatable bonds is 3. The lowest BCUT2D eigenvalue weighted by molar-refractivity contribution is 0.0924. The fraction of sp³-hybridized carbons (Fsp3) is 0.250. The number of nitrogens with one attached hydrogen (secondary N) is 1.